The van der Waals surface area contributed by atoms with E-state index in [1.54, 1.807) is 11.8 Å². The minimum absolute atomic E-state index is 0.00757. The maximum atomic E-state index is 12.6. The standard InChI is InChI=1S/C18H26N2O5/c1-4-14-13(18(23)24)8-15(25-14)17(22)20-7-5-6-12(10-20)9-19-16(21)11(2)3/h8,11-12H,4-7,9-10H2,1-3H3,(H,19,21)(H,23,24). The van der Waals surface area contributed by atoms with Crippen molar-refractivity contribution in [3.8, 4) is 0 Å². The molecule has 2 N–H and O–H groups in total. The molecule has 1 aliphatic rings. The fourth-order valence-electron chi connectivity index (χ4n) is 3.00. The first-order valence-corrected chi connectivity index (χ1v) is 8.76. The first kappa shape index (κ1) is 19.0. The SMILES string of the molecule is CCc1oc(C(=O)N2CCCC(CNC(=O)C(C)C)C2)cc1C(=O)O. The van der Waals surface area contributed by atoms with E-state index in [0.29, 0.717) is 31.8 Å². The molecule has 1 unspecified atom stereocenters. The van der Waals surface area contributed by atoms with Crippen molar-refractivity contribution >= 4 is 17.8 Å². The molecule has 1 aromatic rings. The molecule has 1 saturated heterocycles. The summed E-state index contributed by atoms with van der Waals surface area (Å²) >= 11 is 0. The van der Waals surface area contributed by atoms with Crippen molar-refractivity contribution in [2.24, 2.45) is 11.8 Å². The van der Waals surface area contributed by atoms with Crippen LogP contribution >= 0.6 is 0 Å². The lowest BCUT2D eigenvalue weighted by Gasteiger charge is -2.32. The molecule has 2 amide bonds. The lowest BCUT2D eigenvalue weighted by Crippen LogP contribution is -2.44. The number of carboxylic acids is 1. The van der Waals surface area contributed by atoms with Gasteiger partial charge in [0, 0.05) is 38.0 Å². The van der Waals surface area contributed by atoms with E-state index in [9.17, 15) is 19.5 Å². The highest BCUT2D eigenvalue weighted by atomic mass is 16.4. The highest BCUT2D eigenvalue weighted by molar-refractivity contribution is 5.96. The van der Waals surface area contributed by atoms with E-state index in [1.807, 2.05) is 13.8 Å². The zero-order valence-electron chi connectivity index (χ0n) is 15.0. The van der Waals surface area contributed by atoms with Crippen molar-refractivity contribution in [1.29, 1.82) is 0 Å². The molecule has 0 spiro atoms. The molecule has 2 rings (SSSR count). The van der Waals surface area contributed by atoms with Gasteiger partial charge < -0.3 is 19.7 Å². The molecule has 0 aliphatic carbocycles. The van der Waals surface area contributed by atoms with Gasteiger partial charge in [-0.25, -0.2) is 4.79 Å². The summed E-state index contributed by atoms with van der Waals surface area (Å²) in [6.45, 7) is 7.15. The molecule has 0 radical (unpaired) electrons. The van der Waals surface area contributed by atoms with Crippen molar-refractivity contribution in [3.05, 3.63) is 23.2 Å². The molecule has 2 heterocycles. The van der Waals surface area contributed by atoms with Crippen molar-refractivity contribution in [2.45, 2.75) is 40.0 Å². The molecule has 1 aromatic heterocycles. The Bertz CT molecular complexity index is 650. The molecule has 0 aromatic carbocycles. The normalized spacial score (nSPS) is 17.6. The van der Waals surface area contributed by atoms with Crippen LogP contribution in [0.3, 0.4) is 0 Å². The maximum absolute atomic E-state index is 12.6. The number of nitrogens with zero attached hydrogens (tertiary/aromatic N) is 1. The number of hydrogen-bond acceptors (Lipinski definition) is 4. The number of aryl methyl sites for hydroxylation is 1. The van der Waals surface area contributed by atoms with Gasteiger partial charge in [-0.1, -0.05) is 20.8 Å². The van der Waals surface area contributed by atoms with Gasteiger partial charge in [0.15, 0.2) is 5.76 Å². The smallest absolute Gasteiger partial charge is 0.339 e. The average Bonchev–Trinajstić information content (AvgIpc) is 3.03. The lowest BCUT2D eigenvalue weighted by molar-refractivity contribution is -0.124. The third-order valence-electron chi connectivity index (χ3n) is 4.47. The molecule has 1 atom stereocenters. The molecule has 7 nitrogen and oxygen atoms in total. The van der Waals surface area contributed by atoms with Gasteiger partial charge in [0.25, 0.3) is 5.91 Å². The largest absolute Gasteiger partial charge is 0.478 e. The zero-order valence-corrected chi connectivity index (χ0v) is 15.0. The van der Waals surface area contributed by atoms with Crippen LogP contribution in [0.4, 0.5) is 0 Å². The number of carboxylic acid groups (broad SMARTS) is 1. The van der Waals surface area contributed by atoms with Gasteiger partial charge in [-0.15, -0.1) is 0 Å². The maximum Gasteiger partial charge on any atom is 0.339 e. The van der Waals surface area contributed by atoms with Gasteiger partial charge in [-0.2, -0.15) is 0 Å². The van der Waals surface area contributed by atoms with Crippen LogP contribution in [0.25, 0.3) is 0 Å². The van der Waals surface area contributed by atoms with E-state index in [1.165, 1.54) is 6.07 Å². The third-order valence-corrected chi connectivity index (χ3v) is 4.47. The number of piperidine rings is 1. The summed E-state index contributed by atoms with van der Waals surface area (Å²) in [6, 6.07) is 1.31. The summed E-state index contributed by atoms with van der Waals surface area (Å²) in [4.78, 5) is 37.2. The topological polar surface area (TPSA) is 99.9 Å². The van der Waals surface area contributed by atoms with Crippen LogP contribution in [-0.2, 0) is 11.2 Å². The van der Waals surface area contributed by atoms with Crippen LogP contribution in [0.5, 0.6) is 0 Å². The summed E-state index contributed by atoms with van der Waals surface area (Å²) in [6.07, 6.45) is 2.21. The summed E-state index contributed by atoms with van der Waals surface area (Å²) in [5.74, 6) is -0.858. The van der Waals surface area contributed by atoms with Crippen LogP contribution in [-0.4, -0.2) is 47.4 Å². The van der Waals surface area contributed by atoms with Crippen LogP contribution in [0.1, 0.15) is 60.3 Å². The molecule has 1 fully saturated rings. The van der Waals surface area contributed by atoms with E-state index in [-0.39, 0.29) is 35.0 Å². The number of carbonyl (C=O) groups is 3. The van der Waals surface area contributed by atoms with Crippen molar-refractivity contribution in [2.75, 3.05) is 19.6 Å². The Morgan fingerprint density at radius 2 is 2.12 bits per heavy atom. The molecular formula is C18H26N2O5. The van der Waals surface area contributed by atoms with Crippen LogP contribution in [0.15, 0.2) is 10.5 Å². The first-order valence-electron chi connectivity index (χ1n) is 8.76. The second-order valence-electron chi connectivity index (χ2n) is 6.77. The molecule has 138 valence electrons. The fraction of sp³-hybridized carbons (Fsp3) is 0.611. The summed E-state index contributed by atoms with van der Waals surface area (Å²) < 4.78 is 5.46. The first-order chi connectivity index (χ1) is 11.8. The van der Waals surface area contributed by atoms with Crippen molar-refractivity contribution in [1.82, 2.24) is 10.2 Å². The van der Waals surface area contributed by atoms with Crippen LogP contribution < -0.4 is 5.32 Å². The predicted molar refractivity (Wildman–Crippen MR) is 91.5 cm³/mol. The molecule has 0 bridgehead atoms. The van der Waals surface area contributed by atoms with Crippen LogP contribution in [0.2, 0.25) is 0 Å². The third kappa shape index (κ3) is 4.61. The Morgan fingerprint density at radius 1 is 1.40 bits per heavy atom. The number of furan rings is 1. The number of hydrogen-bond donors (Lipinski definition) is 2. The number of rotatable bonds is 6. The number of likely N-dealkylation sites (tertiary alicyclic amines) is 1. The Balaban J connectivity index is 2.02. The van der Waals surface area contributed by atoms with Gasteiger partial charge in [-0.05, 0) is 18.8 Å². The van der Waals surface area contributed by atoms with Gasteiger partial charge >= 0.3 is 5.97 Å². The number of aromatic carboxylic acids is 1. The monoisotopic (exact) mass is 350 g/mol. The fourth-order valence-corrected chi connectivity index (χ4v) is 3.00. The highest BCUT2D eigenvalue weighted by Gasteiger charge is 2.28. The summed E-state index contributed by atoms with van der Waals surface area (Å²) in [7, 11) is 0. The Labute approximate surface area is 147 Å². The van der Waals surface area contributed by atoms with Crippen molar-refractivity contribution in [3.63, 3.8) is 0 Å². The zero-order chi connectivity index (χ0) is 18.6. The van der Waals surface area contributed by atoms with Gasteiger partial charge in [0.2, 0.25) is 5.91 Å². The Hall–Kier alpha value is -2.31. The summed E-state index contributed by atoms with van der Waals surface area (Å²) in [5, 5.41) is 12.1. The number of nitrogens with one attached hydrogen (secondary N) is 1. The quantitative estimate of drug-likeness (QED) is 0.819. The second kappa shape index (κ2) is 8.18. The Morgan fingerprint density at radius 3 is 2.68 bits per heavy atom. The van der Waals surface area contributed by atoms with E-state index < -0.39 is 5.97 Å². The molecule has 25 heavy (non-hydrogen) atoms. The molecule has 0 saturated carbocycles. The van der Waals surface area contributed by atoms with E-state index in [0.717, 1.165) is 12.8 Å². The lowest BCUT2D eigenvalue weighted by atomic mass is 9.97. The molecular weight excluding hydrogens is 324 g/mol. The minimum Gasteiger partial charge on any atom is -0.478 e. The second-order valence-corrected chi connectivity index (χ2v) is 6.77. The molecule has 7 heteroatoms. The van der Waals surface area contributed by atoms with E-state index in [4.69, 9.17) is 4.42 Å². The van der Waals surface area contributed by atoms with Gasteiger partial charge in [-0.3, -0.25) is 9.59 Å². The highest BCUT2D eigenvalue weighted by Crippen LogP contribution is 2.22. The number of carbonyl (C=O) groups excluding carboxylic acids is 2. The Kier molecular flexibility index (Phi) is 6.22. The summed E-state index contributed by atoms with van der Waals surface area (Å²) in [5.41, 5.74) is 0.0450. The minimum atomic E-state index is -1.09. The van der Waals surface area contributed by atoms with Crippen LogP contribution in [0, 0.1) is 11.8 Å². The average molecular weight is 350 g/mol. The van der Waals surface area contributed by atoms with Gasteiger partial charge in [0.1, 0.15) is 11.3 Å². The van der Waals surface area contributed by atoms with E-state index >= 15 is 0 Å². The van der Waals surface area contributed by atoms with E-state index in [2.05, 4.69) is 5.32 Å². The van der Waals surface area contributed by atoms with Crippen molar-refractivity contribution < 1.29 is 23.9 Å². The van der Waals surface area contributed by atoms with Gasteiger partial charge in [0.05, 0.1) is 0 Å². The molecule has 1 aliphatic heterocycles. The number of amides is 2. The predicted octanol–water partition coefficient (Wildman–Crippen LogP) is 2.16.